The number of amides is 2. The quantitative estimate of drug-likeness (QED) is 0.566. The number of aromatic nitrogens is 3. The van der Waals surface area contributed by atoms with Gasteiger partial charge in [-0.15, -0.1) is 0 Å². The summed E-state index contributed by atoms with van der Waals surface area (Å²) >= 11 is 0. The van der Waals surface area contributed by atoms with Crippen molar-refractivity contribution in [3.8, 4) is 11.3 Å². The van der Waals surface area contributed by atoms with Crippen LogP contribution in [0.25, 0.3) is 22.2 Å². The van der Waals surface area contributed by atoms with Crippen molar-refractivity contribution in [2.24, 2.45) is 5.73 Å². The third kappa shape index (κ3) is 2.56. The van der Waals surface area contributed by atoms with Crippen LogP contribution in [-0.2, 0) is 4.79 Å². The minimum absolute atomic E-state index is 0.102. The second-order valence-corrected chi connectivity index (χ2v) is 4.88. The summed E-state index contributed by atoms with van der Waals surface area (Å²) in [4.78, 5) is 26.1. The average Bonchev–Trinajstić information content (AvgIpc) is 3.15. The summed E-state index contributed by atoms with van der Waals surface area (Å²) in [5.74, 6) is -0.752. The van der Waals surface area contributed by atoms with Gasteiger partial charge in [0.25, 0.3) is 5.91 Å². The lowest BCUT2D eigenvalue weighted by Gasteiger charge is -2.06. The largest absolute Gasteiger partial charge is 0.370 e. The molecule has 1 aromatic carbocycles. The van der Waals surface area contributed by atoms with Crippen molar-refractivity contribution in [1.29, 1.82) is 0 Å². The molecule has 0 fully saturated rings. The number of benzene rings is 1. The van der Waals surface area contributed by atoms with Crippen LogP contribution < -0.4 is 11.1 Å². The summed E-state index contributed by atoms with van der Waals surface area (Å²) in [6.07, 6.45) is 3.42. The van der Waals surface area contributed by atoms with Crippen LogP contribution >= 0.6 is 0 Å². The maximum absolute atomic E-state index is 12.2. The van der Waals surface area contributed by atoms with Gasteiger partial charge in [-0.05, 0) is 6.07 Å². The van der Waals surface area contributed by atoms with Crippen LogP contribution in [0.3, 0.4) is 0 Å². The molecule has 2 heterocycles. The van der Waals surface area contributed by atoms with Gasteiger partial charge in [-0.25, -0.2) is 0 Å². The van der Waals surface area contributed by atoms with Crippen molar-refractivity contribution in [3.05, 3.63) is 42.2 Å². The molecule has 5 N–H and O–H groups in total. The van der Waals surface area contributed by atoms with Crippen LogP contribution in [0.4, 0.5) is 0 Å². The molecule has 7 nitrogen and oxygen atoms in total. The van der Waals surface area contributed by atoms with Crippen molar-refractivity contribution in [2.45, 2.75) is 6.42 Å². The molecule has 0 saturated carbocycles. The van der Waals surface area contributed by atoms with E-state index < -0.39 is 5.91 Å². The molecule has 3 rings (SSSR count). The lowest BCUT2D eigenvalue weighted by molar-refractivity contribution is -0.117. The number of carbonyl (C=O) groups excluding carboxylic acids is 2. The minimum atomic E-state index is -0.455. The molecular weight excluding hydrogens is 282 g/mol. The first-order chi connectivity index (χ1) is 10.7. The van der Waals surface area contributed by atoms with Crippen molar-refractivity contribution >= 4 is 22.7 Å². The van der Waals surface area contributed by atoms with E-state index in [1.54, 1.807) is 0 Å². The van der Waals surface area contributed by atoms with Crippen LogP contribution in [0.2, 0.25) is 0 Å². The predicted molar refractivity (Wildman–Crippen MR) is 82.0 cm³/mol. The zero-order valence-corrected chi connectivity index (χ0v) is 11.7. The Labute approximate surface area is 125 Å². The fourth-order valence-corrected chi connectivity index (χ4v) is 2.35. The van der Waals surface area contributed by atoms with E-state index in [-0.39, 0.29) is 18.9 Å². The molecule has 0 aliphatic carbocycles. The maximum Gasteiger partial charge on any atom is 0.255 e. The number of hydrogen-bond acceptors (Lipinski definition) is 3. The van der Waals surface area contributed by atoms with Crippen molar-refractivity contribution in [3.63, 3.8) is 0 Å². The molecule has 0 bridgehead atoms. The number of primary amides is 1. The number of H-pyrrole nitrogens is 2. The third-order valence-electron chi connectivity index (χ3n) is 3.40. The van der Waals surface area contributed by atoms with Gasteiger partial charge in [-0.1, -0.05) is 18.2 Å². The molecule has 7 heteroatoms. The van der Waals surface area contributed by atoms with E-state index in [9.17, 15) is 9.59 Å². The van der Waals surface area contributed by atoms with E-state index in [1.807, 2.05) is 30.5 Å². The molecule has 0 aliphatic heterocycles. The highest BCUT2D eigenvalue weighted by molar-refractivity contribution is 6.03. The van der Waals surface area contributed by atoms with Crippen LogP contribution in [0.1, 0.15) is 16.8 Å². The fourth-order valence-electron chi connectivity index (χ4n) is 2.35. The second kappa shape index (κ2) is 5.72. The predicted octanol–water partition coefficient (Wildman–Crippen LogP) is 1.16. The van der Waals surface area contributed by atoms with Gasteiger partial charge in [0.15, 0.2) is 0 Å². The Kier molecular flexibility index (Phi) is 3.61. The molecule has 2 amide bonds. The Morgan fingerprint density at radius 2 is 2.14 bits per heavy atom. The number of para-hydroxylation sites is 1. The monoisotopic (exact) mass is 297 g/mol. The Hall–Kier alpha value is -3.09. The lowest BCUT2D eigenvalue weighted by atomic mass is 10.0. The first-order valence-electron chi connectivity index (χ1n) is 6.83. The first kappa shape index (κ1) is 13.9. The molecule has 0 saturated heterocycles. The molecular formula is C15H15N5O2. The van der Waals surface area contributed by atoms with Gasteiger partial charge in [-0.3, -0.25) is 14.7 Å². The van der Waals surface area contributed by atoms with Gasteiger partial charge < -0.3 is 16.0 Å². The van der Waals surface area contributed by atoms with E-state index in [4.69, 9.17) is 5.73 Å². The number of carbonyl (C=O) groups is 2. The lowest BCUT2D eigenvalue weighted by Crippen LogP contribution is -2.27. The number of hydrogen-bond donors (Lipinski definition) is 4. The number of nitrogens with two attached hydrogens (primary N) is 1. The summed E-state index contributed by atoms with van der Waals surface area (Å²) in [5, 5.41) is 10.5. The van der Waals surface area contributed by atoms with Gasteiger partial charge in [0.2, 0.25) is 5.91 Å². The molecule has 0 atom stereocenters. The van der Waals surface area contributed by atoms with Crippen molar-refractivity contribution < 1.29 is 9.59 Å². The summed E-state index contributed by atoms with van der Waals surface area (Å²) in [7, 11) is 0. The summed E-state index contributed by atoms with van der Waals surface area (Å²) in [6.45, 7) is 0.200. The molecule has 3 aromatic rings. The van der Waals surface area contributed by atoms with Crippen LogP contribution in [-0.4, -0.2) is 33.5 Å². The first-order valence-corrected chi connectivity index (χ1v) is 6.83. The number of nitrogens with one attached hydrogen (secondary N) is 3. The van der Waals surface area contributed by atoms with Gasteiger partial charge in [0, 0.05) is 30.1 Å². The number of fused-ring (bicyclic) bond motifs is 1. The van der Waals surface area contributed by atoms with Gasteiger partial charge in [0.05, 0.1) is 23.0 Å². The summed E-state index contributed by atoms with van der Waals surface area (Å²) in [5.41, 5.74) is 7.90. The van der Waals surface area contributed by atoms with E-state index in [0.29, 0.717) is 11.3 Å². The Morgan fingerprint density at radius 3 is 2.95 bits per heavy atom. The van der Waals surface area contributed by atoms with Crippen LogP contribution in [0.5, 0.6) is 0 Å². The molecule has 0 spiro atoms. The van der Waals surface area contributed by atoms with E-state index in [2.05, 4.69) is 20.5 Å². The van der Waals surface area contributed by atoms with Crippen molar-refractivity contribution in [2.75, 3.05) is 6.54 Å². The topological polar surface area (TPSA) is 117 Å². The summed E-state index contributed by atoms with van der Waals surface area (Å²) in [6, 6.07) is 7.77. The SMILES string of the molecule is NC(=O)CCNC(=O)c1cn[nH]c1-c1cccc2cc[nH]c12. The normalized spacial score (nSPS) is 10.7. The standard InChI is InChI=1S/C15H15N5O2/c16-12(21)5-7-18-15(22)11-8-19-20-14(11)10-3-1-2-9-4-6-17-13(9)10/h1-4,6,8,17H,5,7H2,(H2,16,21)(H,18,22)(H,19,20). The Morgan fingerprint density at radius 1 is 1.27 bits per heavy atom. The van der Waals surface area contributed by atoms with E-state index in [0.717, 1.165) is 16.5 Å². The van der Waals surface area contributed by atoms with Gasteiger partial charge in [0.1, 0.15) is 0 Å². The smallest absolute Gasteiger partial charge is 0.255 e. The highest BCUT2D eigenvalue weighted by Gasteiger charge is 2.17. The number of rotatable bonds is 5. The van der Waals surface area contributed by atoms with E-state index in [1.165, 1.54) is 6.20 Å². The highest BCUT2D eigenvalue weighted by Crippen LogP contribution is 2.28. The average molecular weight is 297 g/mol. The molecule has 0 radical (unpaired) electrons. The number of aromatic amines is 2. The van der Waals surface area contributed by atoms with Gasteiger partial charge in [-0.2, -0.15) is 5.10 Å². The molecule has 22 heavy (non-hydrogen) atoms. The molecule has 0 unspecified atom stereocenters. The van der Waals surface area contributed by atoms with E-state index >= 15 is 0 Å². The molecule has 0 aliphatic rings. The second-order valence-electron chi connectivity index (χ2n) is 4.88. The van der Waals surface area contributed by atoms with Crippen LogP contribution in [0, 0.1) is 0 Å². The summed E-state index contributed by atoms with van der Waals surface area (Å²) < 4.78 is 0. The third-order valence-corrected chi connectivity index (χ3v) is 3.40. The van der Waals surface area contributed by atoms with Crippen LogP contribution in [0.15, 0.2) is 36.7 Å². The molecule has 112 valence electrons. The zero-order valence-electron chi connectivity index (χ0n) is 11.7. The maximum atomic E-state index is 12.2. The van der Waals surface area contributed by atoms with Gasteiger partial charge >= 0.3 is 0 Å². The zero-order chi connectivity index (χ0) is 15.5. The Bertz CT molecular complexity index is 833. The minimum Gasteiger partial charge on any atom is -0.370 e. The van der Waals surface area contributed by atoms with Crippen molar-refractivity contribution in [1.82, 2.24) is 20.5 Å². The Balaban J connectivity index is 1.90. The number of nitrogens with zero attached hydrogens (tertiary/aromatic N) is 1. The fraction of sp³-hybridized carbons (Fsp3) is 0.133. The molecule has 2 aromatic heterocycles. The highest BCUT2D eigenvalue weighted by atomic mass is 16.2.